The number of methoxy groups -OCH3 is 3. The summed E-state index contributed by atoms with van der Waals surface area (Å²) in [5, 5.41) is 0. The Morgan fingerprint density at radius 3 is 2.52 bits per heavy atom. The van der Waals surface area contributed by atoms with Crippen LogP contribution in [0.1, 0.15) is 13.3 Å². The van der Waals surface area contributed by atoms with Crippen molar-refractivity contribution in [3.8, 4) is 0 Å². The zero-order valence-corrected chi connectivity index (χ0v) is 13.9. The summed E-state index contributed by atoms with van der Waals surface area (Å²) in [4.78, 5) is 25.5. The minimum atomic E-state index is -1.33. The van der Waals surface area contributed by atoms with E-state index in [1.54, 1.807) is 31.9 Å². The standard InChI is InChI=1S/C15H22O5S/c1-13(12(17)18-2)8-10-6-7-15(13,20-4)11(16)14(10,19-3)9-21-5/h6-7,10H,8-9H2,1-5H3/t10-,13-,14+,15+/m1/s1. The van der Waals surface area contributed by atoms with Crippen molar-refractivity contribution >= 4 is 23.5 Å². The van der Waals surface area contributed by atoms with Gasteiger partial charge in [0.05, 0.1) is 7.11 Å². The molecule has 0 aromatic rings. The number of ketones is 1. The second kappa shape index (κ2) is 5.41. The van der Waals surface area contributed by atoms with Gasteiger partial charge in [0.25, 0.3) is 0 Å². The van der Waals surface area contributed by atoms with E-state index in [4.69, 9.17) is 14.2 Å². The number of ether oxygens (including phenoxy) is 3. The summed E-state index contributed by atoms with van der Waals surface area (Å²) in [6.07, 6.45) is 6.04. The molecule has 21 heavy (non-hydrogen) atoms. The zero-order chi connectivity index (χ0) is 15.9. The largest absolute Gasteiger partial charge is 0.468 e. The molecule has 6 heteroatoms. The van der Waals surface area contributed by atoms with E-state index in [0.717, 1.165) is 0 Å². The lowest BCUT2D eigenvalue weighted by molar-refractivity contribution is -0.206. The topological polar surface area (TPSA) is 61.8 Å². The molecule has 1 fully saturated rings. The van der Waals surface area contributed by atoms with Crippen LogP contribution in [-0.4, -0.2) is 56.3 Å². The Kier molecular flexibility index (Phi) is 4.26. The average Bonchev–Trinajstić information content (AvgIpc) is 2.50. The van der Waals surface area contributed by atoms with Crippen LogP contribution in [0, 0.1) is 11.3 Å². The first-order chi connectivity index (χ1) is 9.88. The van der Waals surface area contributed by atoms with Gasteiger partial charge >= 0.3 is 5.97 Å². The van der Waals surface area contributed by atoms with Gasteiger partial charge in [0.15, 0.2) is 5.60 Å². The van der Waals surface area contributed by atoms with E-state index in [1.807, 2.05) is 12.3 Å². The number of esters is 1. The van der Waals surface area contributed by atoms with Crippen LogP contribution >= 0.6 is 11.8 Å². The van der Waals surface area contributed by atoms with Crippen molar-refractivity contribution in [1.82, 2.24) is 0 Å². The van der Waals surface area contributed by atoms with E-state index in [1.165, 1.54) is 14.2 Å². The molecule has 0 aliphatic heterocycles. The molecule has 0 unspecified atom stereocenters. The van der Waals surface area contributed by atoms with E-state index in [2.05, 4.69) is 0 Å². The number of Topliss-reactive ketones (excluding diaryl/α,β-unsaturated/α-hetero) is 1. The number of carbonyl (C=O) groups is 2. The SMILES string of the molecule is COC(=O)[C@@]1(C)C[C@H]2C=C[C@]1(OC)C(=O)[C@@]2(CSC)OC. The predicted octanol–water partition coefficient (Wildman–Crippen LogP) is 1.46. The molecule has 4 atom stereocenters. The fourth-order valence-electron chi connectivity index (χ4n) is 3.76. The van der Waals surface area contributed by atoms with Gasteiger partial charge in [-0.05, 0) is 25.7 Å². The molecule has 0 spiro atoms. The lowest BCUT2D eigenvalue weighted by Gasteiger charge is -2.57. The summed E-state index contributed by atoms with van der Waals surface area (Å²) in [6, 6.07) is 0. The Balaban J connectivity index is 2.60. The number of hydrogen-bond acceptors (Lipinski definition) is 6. The lowest BCUT2D eigenvalue weighted by atomic mass is 9.51. The smallest absolute Gasteiger partial charge is 0.315 e. The second-order valence-corrected chi connectivity index (χ2v) is 6.65. The van der Waals surface area contributed by atoms with Gasteiger partial charge in [-0.25, -0.2) is 0 Å². The number of fused-ring (bicyclic) bond motifs is 2. The highest BCUT2D eigenvalue weighted by Gasteiger charge is 2.71. The first-order valence-corrected chi connectivity index (χ1v) is 8.20. The van der Waals surface area contributed by atoms with Crippen molar-refractivity contribution < 1.29 is 23.8 Å². The monoisotopic (exact) mass is 314 g/mol. The number of thioether (sulfide) groups is 1. The van der Waals surface area contributed by atoms with Gasteiger partial charge in [-0.15, -0.1) is 0 Å². The minimum absolute atomic E-state index is 0.163. The van der Waals surface area contributed by atoms with Gasteiger partial charge < -0.3 is 14.2 Å². The van der Waals surface area contributed by atoms with E-state index in [0.29, 0.717) is 12.2 Å². The van der Waals surface area contributed by atoms with E-state index in [9.17, 15) is 9.59 Å². The normalized spacial score (nSPS) is 41.4. The highest BCUT2D eigenvalue weighted by Crippen LogP contribution is 2.57. The van der Waals surface area contributed by atoms with Crippen LogP contribution in [0.4, 0.5) is 0 Å². The van der Waals surface area contributed by atoms with Crippen LogP contribution in [0.5, 0.6) is 0 Å². The van der Waals surface area contributed by atoms with Gasteiger partial charge in [0.2, 0.25) is 5.78 Å². The molecular weight excluding hydrogens is 292 g/mol. The third kappa shape index (κ3) is 1.85. The molecular formula is C15H22O5S. The van der Waals surface area contributed by atoms with Crippen LogP contribution in [0.15, 0.2) is 12.2 Å². The molecule has 1 saturated carbocycles. The van der Waals surface area contributed by atoms with Crippen LogP contribution in [0.25, 0.3) is 0 Å². The van der Waals surface area contributed by atoms with E-state index in [-0.39, 0.29) is 11.7 Å². The number of carbonyl (C=O) groups excluding carboxylic acids is 2. The zero-order valence-electron chi connectivity index (χ0n) is 13.1. The van der Waals surface area contributed by atoms with E-state index >= 15 is 0 Å². The summed E-state index contributed by atoms with van der Waals surface area (Å²) in [5.74, 6) is -0.259. The van der Waals surface area contributed by atoms with Crippen LogP contribution in [0.3, 0.4) is 0 Å². The molecule has 0 amide bonds. The Morgan fingerprint density at radius 1 is 1.38 bits per heavy atom. The Bertz CT molecular complexity index is 490. The summed E-state index contributed by atoms with van der Waals surface area (Å²) in [5.41, 5.74) is -3.31. The summed E-state index contributed by atoms with van der Waals surface area (Å²) < 4.78 is 16.2. The number of rotatable bonds is 5. The van der Waals surface area contributed by atoms with Gasteiger partial charge in [0.1, 0.15) is 11.0 Å². The Morgan fingerprint density at radius 2 is 2.05 bits per heavy atom. The summed E-state index contributed by atoms with van der Waals surface area (Å²) >= 11 is 1.55. The molecule has 3 aliphatic rings. The Labute approximate surface area is 129 Å². The third-order valence-electron chi connectivity index (χ3n) is 5.01. The molecule has 0 heterocycles. The fraction of sp³-hybridized carbons (Fsp3) is 0.733. The van der Waals surface area contributed by atoms with Crippen molar-refractivity contribution in [2.45, 2.75) is 24.5 Å². The van der Waals surface area contributed by atoms with Gasteiger partial charge in [-0.1, -0.05) is 6.08 Å². The maximum atomic E-state index is 13.2. The number of hydrogen-bond donors (Lipinski definition) is 0. The van der Waals surface area contributed by atoms with Crippen LogP contribution in [0.2, 0.25) is 0 Å². The molecule has 3 rings (SSSR count). The Hall–Kier alpha value is -0.850. The molecule has 0 saturated heterocycles. The molecule has 3 aliphatic carbocycles. The van der Waals surface area contributed by atoms with Crippen molar-refractivity contribution in [1.29, 1.82) is 0 Å². The van der Waals surface area contributed by atoms with Gasteiger partial charge in [0, 0.05) is 25.9 Å². The van der Waals surface area contributed by atoms with Crippen molar-refractivity contribution in [3.63, 3.8) is 0 Å². The van der Waals surface area contributed by atoms with Gasteiger partial charge in [-0.2, -0.15) is 11.8 Å². The molecule has 0 aromatic heterocycles. The predicted molar refractivity (Wildman–Crippen MR) is 80.2 cm³/mol. The van der Waals surface area contributed by atoms with Gasteiger partial charge in [-0.3, -0.25) is 9.59 Å². The highest BCUT2D eigenvalue weighted by atomic mass is 32.2. The third-order valence-corrected chi connectivity index (χ3v) is 5.73. The molecule has 118 valence electrons. The maximum absolute atomic E-state index is 13.2. The lowest BCUT2D eigenvalue weighted by Crippen LogP contribution is -2.73. The van der Waals surface area contributed by atoms with Crippen LogP contribution < -0.4 is 0 Å². The molecule has 2 bridgehead atoms. The second-order valence-electron chi connectivity index (χ2n) is 5.79. The first kappa shape index (κ1) is 16.5. The maximum Gasteiger partial charge on any atom is 0.315 e. The minimum Gasteiger partial charge on any atom is -0.468 e. The quantitative estimate of drug-likeness (QED) is 0.565. The molecule has 0 aromatic carbocycles. The fourth-order valence-corrected chi connectivity index (χ4v) is 4.65. The molecule has 0 N–H and O–H groups in total. The van der Waals surface area contributed by atoms with Crippen LogP contribution in [-0.2, 0) is 23.8 Å². The molecule has 0 radical (unpaired) electrons. The summed E-state index contributed by atoms with van der Waals surface area (Å²) in [7, 11) is 4.33. The molecule has 5 nitrogen and oxygen atoms in total. The van der Waals surface area contributed by atoms with Crippen molar-refractivity contribution in [2.24, 2.45) is 11.3 Å². The average molecular weight is 314 g/mol. The van der Waals surface area contributed by atoms with Crippen molar-refractivity contribution in [3.05, 3.63) is 12.2 Å². The van der Waals surface area contributed by atoms with E-state index < -0.39 is 22.6 Å². The highest BCUT2D eigenvalue weighted by molar-refractivity contribution is 7.98. The first-order valence-electron chi connectivity index (χ1n) is 6.80. The summed E-state index contributed by atoms with van der Waals surface area (Å²) in [6.45, 7) is 1.73. The van der Waals surface area contributed by atoms with Crippen molar-refractivity contribution in [2.75, 3.05) is 33.3 Å².